The number of carbonyl (C=O) groups excluding carboxylic acids is 3. The predicted molar refractivity (Wildman–Crippen MR) is 145 cm³/mol. The molecule has 0 aliphatic heterocycles. The van der Waals surface area contributed by atoms with Crippen molar-refractivity contribution in [2.24, 2.45) is 0 Å². The molecular weight excluding hydrogens is 541 g/mol. The monoisotopic (exact) mass is 570 g/mol. The largest absolute Gasteiger partial charge is 0.391 e. The smallest absolute Gasteiger partial charge is 0.268 e. The summed E-state index contributed by atoms with van der Waals surface area (Å²) in [4.78, 5) is 36.0. The maximum absolute atomic E-state index is 13.7. The van der Waals surface area contributed by atoms with Crippen molar-refractivity contribution in [1.29, 1.82) is 0 Å². The van der Waals surface area contributed by atoms with Gasteiger partial charge in [-0.15, -0.1) is 0 Å². The van der Waals surface area contributed by atoms with Gasteiger partial charge in [0, 0.05) is 34.5 Å². The quantitative estimate of drug-likeness (QED) is 0.101. The number of halogens is 3. The molecule has 3 aromatic carbocycles. The van der Waals surface area contributed by atoms with E-state index in [1.165, 1.54) is 24.5 Å². The summed E-state index contributed by atoms with van der Waals surface area (Å²) in [6.07, 6.45) is -1.23. The number of carbonyl (C=O) groups is 3. The summed E-state index contributed by atoms with van der Waals surface area (Å²) in [5.41, 5.74) is 3.21. The first-order valence-electron chi connectivity index (χ1n) is 11.9. The lowest BCUT2D eigenvalue weighted by atomic mass is 10.1. The number of anilines is 1. The zero-order chi connectivity index (χ0) is 29.2. The lowest BCUT2D eigenvalue weighted by Gasteiger charge is -2.19. The van der Waals surface area contributed by atoms with Gasteiger partial charge in [-0.1, -0.05) is 25.3 Å². The first-order chi connectivity index (χ1) is 19.1. The minimum absolute atomic E-state index is 0. The molecule has 0 unspecified atom stereocenters. The molecule has 0 aliphatic carbocycles. The maximum Gasteiger partial charge on any atom is 0.268 e. The Kier molecular flexibility index (Phi) is 12.0. The van der Waals surface area contributed by atoms with E-state index in [1.807, 2.05) is 0 Å². The van der Waals surface area contributed by atoms with Crippen molar-refractivity contribution in [2.45, 2.75) is 33.0 Å². The van der Waals surface area contributed by atoms with Gasteiger partial charge in [0.15, 0.2) is 17.5 Å². The molecule has 0 saturated heterocycles. The number of benzene rings is 3. The van der Waals surface area contributed by atoms with Crippen LogP contribution in [0.15, 0.2) is 60.7 Å². The van der Waals surface area contributed by atoms with Gasteiger partial charge in [-0.2, -0.15) is 0 Å². The average Bonchev–Trinajstić information content (AvgIpc) is 2.95. The van der Waals surface area contributed by atoms with Crippen molar-refractivity contribution >= 4 is 23.4 Å². The molecular formula is C29H29F3N4O5. The molecule has 0 saturated carbocycles. The van der Waals surface area contributed by atoms with Crippen LogP contribution in [0.1, 0.15) is 41.4 Å². The number of nitrogens with one attached hydrogen (secondary N) is 4. The second kappa shape index (κ2) is 15.2. The third kappa shape index (κ3) is 9.18. The molecule has 3 amide bonds. The van der Waals surface area contributed by atoms with Crippen molar-refractivity contribution < 1.29 is 37.9 Å². The fraction of sp³-hybridized carbons (Fsp3) is 0.207. The summed E-state index contributed by atoms with van der Waals surface area (Å²) in [6, 6.07) is 13.4. The van der Waals surface area contributed by atoms with Crippen LogP contribution < -0.4 is 21.4 Å². The molecule has 41 heavy (non-hydrogen) atoms. The van der Waals surface area contributed by atoms with E-state index in [1.54, 1.807) is 36.4 Å². The first-order valence-corrected chi connectivity index (χ1v) is 11.9. The van der Waals surface area contributed by atoms with E-state index in [0.29, 0.717) is 16.8 Å². The van der Waals surface area contributed by atoms with Crippen molar-refractivity contribution in [2.75, 3.05) is 11.9 Å². The number of hydrogen-bond donors (Lipinski definition) is 6. The Hall–Kier alpha value is -4.70. The van der Waals surface area contributed by atoms with Crippen LogP contribution in [0.2, 0.25) is 0 Å². The molecule has 12 heteroatoms. The van der Waals surface area contributed by atoms with Crippen LogP contribution in [-0.2, 0) is 16.1 Å². The Morgan fingerprint density at radius 1 is 0.878 bits per heavy atom. The van der Waals surface area contributed by atoms with Crippen molar-refractivity contribution in [3.05, 3.63) is 100 Å². The van der Waals surface area contributed by atoms with Crippen LogP contribution in [0.4, 0.5) is 18.9 Å². The van der Waals surface area contributed by atoms with Crippen molar-refractivity contribution in [3.8, 4) is 11.8 Å². The van der Waals surface area contributed by atoms with Crippen LogP contribution in [0.5, 0.6) is 0 Å². The van der Waals surface area contributed by atoms with Crippen molar-refractivity contribution in [1.82, 2.24) is 16.1 Å². The summed E-state index contributed by atoms with van der Waals surface area (Å²) < 4.78 is 40.0. The molecule has 3 rings (SSSR count). The summed E-state index contributed by atoms with van der Waals surface area (Å²) >= 11 is 0. The average molecular weight is 571 g/mol. The molecule has 0 aliphatic rings. The summed E-state index contributed by atoms with van der Waals surface area (Å²) in [7, 11) is 0. The lowest BCUT2D eigenvalue weighted by Crippen LogP contribution is -2.51. The highest BCUT2D eigenvalue weighted by Crippen LogP contribution is 2.15. The van der Waals surface area contributed by atoms with E-state index in [0.717, 1.165) is 12.1 Å². The number of hydroxylamine groups is 1. The van der Waals surface area contributed by atoms with Gasteiger partial charge in [0.1, 0.15) is 6.04 Å². The topological polar surface area (TPSA) is 140 Å². The fourth-order valence-electron chi connectivity index (χ4n) is 3.40. The first kappa shape index (κ1) is 32.5. The zero-order valence-electron chi connectivity index (χ0n) is 21.1. The normalized spacial score (nSPS) is 11.7. The van der Waals surface area contributed by atoms with Gasteiger partial charge < -0.3 is 21.1 Å². The van der Waals surface area contributed by atoms with E-state index in [9.17, 15) is 32.7 Å². The summed E-state index contributed by atoms with van der Waals surface area (Å²) in [6.45, 7) is 0.935. The fourth-order valence-corrected chi connectivity index (χ4v) is 3.40. The number of rotatable bonds is 9. The van der Waals surface area contributed by atoms with Crippen LogP contribution >= 0.6 is 0 Å². The molecule has 3 aromatic rings. The van der Waals surface area contributed by atoms with E-state index in [2.05, 4.69) is 27.8 Å². The van der Waals surface area contributed by atoms with Crippen molar-refractivity contribution in [3.63, 3.8) is 0 Å². The number of hydrogen-bond acceptors (Lipinski definition) is 6. The van der Waals surface area contributed by atoms with Crippen LogP contribution in [0, 0.1) is 29.3 Å². The van der Waals surface area contributed by atoms with E-state index in [-0.39, 0.29) is 31.6 Å². The molecule has 0 bridgehead atoms. The molecule has 0 fully saturated rings. The number of aliphatic hydroxyl groups is 1. The van der Waals surface area contributed by atoms with Gasteiger partial charge in [-0.05, 0) is 61.5 Å². The number of amides is 3. The predicted octanol–water partition coefficient (Wildman–Crippen LogP) is 2.85. The highest BCUT2D eigenvalue weighted by atomic mass is 19.2. The summed E-state index contributed by atoms with van der Waals surface area (Å²) in [5.74, 6) is -0.288. The third-order valence-electron chi connectivity index (χ3n) is 5.54. The Bertz CT molecular complexity index is 1440. The molecule has 2 atom stereocenters. The SMILES string of the molecule is C.C[C@@H](O)[C@H](NC(=O)c1ccc(C#Cc2ccc(NC(=O)CNCc3ccc(F)c(F)c3F)cc2)cc1)C(=O)NO. The maximum atomic E-state index is 13.7. The van der Waals surface area contributed by atoms with Crippen LogP contribution in [0.25, 0.3) is 0 Å². The standard InChI is InChI=1S/C28H25F3N4O5.CH4/c1-16(36)26(28(39)35-40)34-27(38)19-8-4-17(5-9-19)2-3-18-6-11-21(12-7-18)33-23(37)15-32-14-20-10-13-22(29)25(31)24(20)30;/h4-13,16,26,32,36,40H,14-15H2,1H3,(H,33,37)(H,34,38)(H,35,39);1H4/t16-,26+;/m1./s1. The van der Waals surface area contributed by atoms with Gasteiger partial charge in [0.2, 0.25) is 5.91 Å². The van der Waals surface area contributed by atoms with Crippen LogP contribution in [-0.4, -0.2) is 46.7 Å². The molecule has 0 aromatic heterocycles. The molecule has 6 N–H and O–H groups in total. The second-order valence-electron chi connectivity index (χ2n) is 8.56. The van der Waals surface area contributed by atoms with E-state index >= 15 is 0 Å². The Labute approximate surface area is 234 Å². The Morgan fingerprint density at radius 3 is 2.02 bits per heavy atom. The second-order valence-corrected chi connectivity index (χ2v) is 8.56. The highest BCUT2D eigenvalue weighted by molar-refractivity contribution is 5.97. The molecule has 0 spiro atoms. The Morgan fingerprint density at radius 2 is 1.46 bits per heavy atom. The van der Waals surface area contributed by atoms with Gasteiger partial charge in [0.25, 0.3) is 11.8 Å². The van der Waals surface area contributed by atoms with Gasteiger partial charge >= 0.3 is 0 Å². The minimum Gasteiger partial charge on any atom is -0.391 e. The highest BCUT2D eigenvalue weighted by Gasteiger charge is 2.25. The van der Waals surface area contributed by atoms with E-state index < -0.39 is 47.3 Å². The van der Waals surface area contributed by atoms with Gasteiger partial charge in [-0.3, -0.25) is 19.6 Å². The van der Waals surface area contributed by atoms with Gasteiger partial charge in [0.05, 0.1) is 12.6 Å². The van der Waals surface area contributed by atoms with E-state index in [4.69, 9.17) is 5.21 Å². The Balaban J connectivity index is 0.00000588. The lowest BCUT2D eigenvalue weighted by molar-refractivity contribution is -0.133. The zero-order valence-corrected chi connectivity index (χ0v) is 21.1. The third-order valence-corrected chi connectivity index (χ3v) is 5.54. The van der Waals surface area contributed by atoms with Gasteiger partial charge in [-0.25, -0.2) is 18.7 Å². The molecule has 9 nitrogen and oxygen atoms in total. The summed E-state index contributed by atoms with van der Waals surface area (Å²) in [5, 5.41) is 26.0. The molecule has 216 valence electrons. The molecule has 0 heterocycles. The minimum atomic E-state index is -1.56. The number of aliphatic hydroxyl groups excluding tert-OH is 1. The van der Waals surface area contributed by atoms with Crippen LogP contribution in [0.3, 0.4) is 0 Å². The molecule has 0 radical (unpaired) electrons.